The van der Waals surface area contributed by atoms with Crippen molar-refractivity contribution in [2.24, 2.45) is 0 Å². The van der Waals surface area contributed by atoms with Crippen molar-refractivity contribution >= 4 is 23.1 Å². The highest BCUT2D eigenvalue weighted by molar-refractivity contribution is 6.98. The number of para-hydroxylation sites is 2. The van der Waals surface area contributed by atoms with Crippen molar-refractivity contribution < 1.29 is 9.47 Å². The Morgan fingerprint density at radius 1 is 0.750 bits per heavy atom. The molecule has 4 heteroatoms. The second-order valence-electron chi connectivity index (χ2n) is 7.29. The monoisotopic (exact) mass is 361 g/mol. The summed E-state index contributed by atoms with van der Waals surface area (Å²) < 4.78 is 12.7. The van der Waals surface area contributed by atoms with Crippen LogP contribution in [0.1, 0.15) is 5.56 Å². The molecule has 4 aromatic rings. The molecule has 0 unspecified atom stereocenters. The van der Waals surface area contributed by atoms with Crippen molar-refractivity contribution in [2.45, 2.75) is 6.92 Å². The summed E-state index contributed by atoms with van der Waals surface area (Å²) in [6.45, 7) is 2.16. The maximum atomic E-state index is 6.44. The number of hydrogen-bond acceptors (Lipinski definition) is 3. The van der Waals surface area contributed by atoms with E-state index in [0.29, 0.717) is 0 Å². The molecule has 0 aliphatic carbocycles. The first-order valence-corrected chi connectivity index (χ1v) is 9.43. The topological polar surface area (TPSA) is 31.4 Å². The Bertz CT molecular complexity index is 1240. The smallest absolute Gasteiger partial charge is 0.260 e. The Morgan fingerprint density at radius 3 is 2.21 bits per heavy atom. The lowest BCUT2D eigenvalue weighted by atomic mass is 9.34. The van der Waals surface area contributed by atoms with Crippen LogP contribution >= 0.6 is 0 Å². The van der Waals surface area contributed by atoms with E-state index in [9.17, 15) is 0 Å². The first-order valence-electron chi connectivity index (χ1n) is 9.43. The van der Waals surface area contributed by atoms with Crippen LogP contribution in [0, 0.1) is 6.92 Å². The summed E-state index contributed by atoms with van der Waals surface area (Å²) in [6.07, 6.45) is 1.84. The second-order valence-corrected chi connectivity index (χ2v) is 7.29. The van der Waals surface area contributed by atoms with Crippen LogP contribution in [0.15, 0.2) is 79.0 Å². The van der Waals surface area contributed by atoms with Crippen molar-refractivity contribution in [2.75, 3.05) is 0 Å². The third-order valence-corrected chi connectivity index (χ3v) is 5.53. The first-order chi connectivity index (χ1) is 13.8. The maximum absolute atomic E-state index is 6.44. The lowest BCUT2D eigenvalue weighted by Gasteiger charge is -2.33. The van der Waals surface area contributed by atoms with Gasteiger partial charge in [-0.2, -0.15) is 0 Å². The maximum Gasteiger partial charge on any atom is 0.260 e. The molecule has 1 aromatic heterocycles. The van der Waals surface area contributed by atoms with E-state index < -0.39 is 0 Å². The third-order valence-electron chi connectivity index (χ3n) is 5.53. The molecular weight excluding hydrogens is 345 g/mol. The highest BCUT2D eigenvalue weighted by atomic mass is 16.5. The molecule has 28 heavy (non-hydrogen) atoms. The average Bonchev–Trinajstić information content (AvgIpc) is 2.73. The van der Waals surface area contributed by atoms with Crippen LogP contribution < -0.4 is 25.9 Å². The van der Waals surface area contributed by atoms with E-state index in [-0.39, 0.29) is 6.71 Å². The average molecular weight is 361 g/mol. The fourth-order valence-corrected chi connectivity index (χ4v) is 4.27. The molecule has 0 spiro atoms. The van der Waals surface area contributed by atoms with Gasteiger partial charge >= 0.3 is 0 Å². The van der Waals surface area contributed by atoms with Crippen LogP contribution in [0.25, 0.3) is 11.3 Å². The summed E-state index contributed by atoms with van der Waals surface area (Å²) in [5, 5.41) is 0. The fraction of sp³-hybridized carbons (Fsp3) is 0.0417. The molecule has 3 aromatic carbocycles. The molecule has 2 aliphatic rings. The zero-order valence-corrected chi connectivity index (χ0v) is 15.3. The fourth-order valence-electron chi connectivity index (χ4n) is 4.27. The highest BCUT2D eigenvalue weighted by Crippen LogP contribution is 2.39. The molecule has 132 valence electrons. The molecule has 6 rings (SSSR count). The lowest BCUT2D eigenvalue weighted by molar-refractivity contribution is 0.465. The van der Waals surface area contributed by atoms with Gasteiger partial charge in [0.1, 0.15) is 23.0 Å². The van der Waals surface area contributed by atoms with E-state index in [1.54, 1.807) is 0 Å². The predicted octanol–water partition coefficient (Wildman–Crippen LogP) is 3.78. The molecule has 0 bridgehead atoms. The zero-order chi connectivity index (χ0) is 18.7. The standard InChI is InChI=1S/C24H16BNO2/c1-15-12-13-26-19(14-15)16-10-11-22-23-24(16)28-21-9-5-3-7-18(21)25(23)17-6-2-4-8-20(17)27-22/h2-14H,1H3. The van der Waals surface area contributed by atoms with Crippen LogP contribution in [0.3, 0.4) is 0 Å². The number of nitrogens with zero attached hydrogens (tertiary/aromatic N) is 1. The number of fused-ring (bicyclic) bond motifs is 4. The highest BCUT2D eigenvalue weighted by Gasteiger charge is 2.40. The number of hydrogen-bond donors (Lipinski definition) is 0. The minimum Gasteiger partial charge on any atom is -0.458 e. The molecule has 0 fully saturated rings. The van der Waals surface area contributed by atoms with E-state index in [1.807, 2.05) is 42.6 Å². The van der Waals surface area contributed by atoms with Gasteiger partial charge < -0.3 is 9.47 Å². The Hall–Kier alpha value is -3.53. The van der Waals surface area contributed by atoms with Gasteiger partial charge in [0.05, 0.1) is 5.69 Å². The van der Waals surface area contributed by atoms with E-state index in [0.717, 1.165) is 39.7 Å². The largest absolute Gasteiger partial charge is 0.458 e. The third kappa shape index (κ3) is 2.15. The summed E-state index contributed by atoms with van der Waals surface area (Å²) in [5.41, 5.74) is 6.49. The predicted molar refractivity (Wildman–Crippen MR) is 112 cm³/mol. The number of ether oxygens (including phenoxy) is 2. The Labute approximate surface area is 163 Å². The SMILES string of the molecule is Cc1ccnc(-c2ccc3c4c2Oc2ccccc2B4c2ccccc2O3)c1. The van der Waals surface area contributed by atoms with Crippen LogP contribution in [0.4, 0.5) is 0 Å². The van der Waals surface area contributed by atoms with Crippen molar-refractivity contribution in [3.05, 3.63) is 84.6 Å². The summed E-state index contributed by atoms with van der Waals surface area (Å²) in [4.78, 5) is 4.60. The van der Waals surface area contributed by atoms with Gasteiger partial charge in [0.25, 0.3) is 6.71 Å². The van der Waals surface area contributed by atoms with Gasteiger partial charge in [0.2, 0.25) is 0 Å². The van der Waals surface area contributed by atoms with Crippen LogP contribution in [-0.2, 0) is 0 Å². The number of aryl methyl sites for hydroxylation is 1. The van der Waals surface area contributed by atoms with E-state index >= 15 is 0 Å². The molecular formula is C24H16BNO2. The van der Waals surface area contributed by atoms with E-state index in [1.165, 1.54) is 16.5 Å². The minimum absolute atomic E-state index is 0.0876. The Balaban J connectivity index is 1.67. The normalized spacial score (nSPS) is 13.0. The van der Waals surface area contributed by atoms with Crippen molar-refractivity contribution in [1.29, 1.82) is 0 Å². The Kier molecular flexibility index (Phi) is 3.18. The molecule has 0 saturated carbocycles. The molecule has 0 amide bonds. The van der Waals surface area contributed by atoms with Crippen molar-refractivity contribution in [1.82, 2.24) is 4.98 Å². The summed E-state index contributed by atoms with van der Waals surface area (Å²) >= 11 is 0. The van der Waals surface area contributed by atoms with Gasteiger partial charge in [-0.05, 0) is 59.8 Å². The summed E-state index contributed by atoms with van der Waals surface area (Å²) in [6, 6.07) is 24.7. The molecule has 0 atom stereocenters. The van der Waals surface area contributed by atoms with E-state index in [4.69, 9.17) is 9.47 Å². The van der Waals surface area contributed by atoms with Gasteiger partial charge in [-0.25, -0.2) is 0 Å². The molecule has 0 saturated heterocycles. The van der Waals surface area contributed by atoms with Crippen molar-refractivity contribution in [3.8, 4) is 34.3 Å². The van der Waals surface area contributed by atoms with Gasteiger partial charge in [-0.15, -0.1) is 0 Å². The van der Waals surface area contributed by atoms with Gasteiger partial charge in [0, 0.05) is 17.2 Å². The molecule has 0 N–H and O–H groups in total. The summed E-state index contributed by atoms with van der Waals surface area (Å²) in [7, 11) is 0. The first kappa shape index (κ1) is 15.5. The van der Waals surface area contributed by atoms with Crippen LogP contribution in [-0.4, -0.2) is 11.7 Å². The van der Waals surface area contributed by atoms with Gasteiger partial charge in [-0.3, -0.25) is 4.98 Å². The number of benzene rings is 3. The number of aromatic nitrogens is 1. The number of rotatable bonds is 1. The minimum atomic E-state index is 0.0876. The molecule has 3 nitrogen and oxygen atoms in total. The second kappa shape index (κ2) is 5.73. The van der Waals surface area contributed by atoms with E-state index in [2.05, 4.69) is 48.3 Å². The molecule has 2 aliphatic heterocycles. The van der Waals surface area contributed by atoms with Crippen molar-refractivity contribution in [3.63, 3.8) is 0 Å². The zero-order valence-electron chi connectivity index (χ0n) is 15.3. The summed E-state index contributed by atoms with van der Waals surface area (Å²) in [5.74, 6) is 3.49. The van der Waals surface area contributed by atoms with Gasteiger partial charge in [0.15, 0.2) is 0 Å². The Morgan fingerprint density at radius 2 is 1.46 bits per heavy atom. The molecule has 3 heterocycles. The van der Waals surface area contributed by atoms with Crippen LogP contribution in [0.5, 0.6) is 23.0 Å². The number of pyridine rings is 1. The lowest BCUT2D eigenvalue weighted by Crippen LogP contribution is -2.57. The van der Waals surface area contributed by atoms with Gasteiger partial charge in [-0.1, -0.05) is 36.4 Å². The molecule has 0 radical (unpaired) electrons. The van der Waals surface area contributed by atoms with Crippen LogP contribution in [0.2, 0.25) is 0 Å². The quantitative estimate of drug-likeness (QED) is 0.418.